The van der Waals surface area contributed by atoms with Gasteiger partial charge in [-0.1, -0.05) is 11.6 Å². The number of unbranched alkanes of at least 4 members (excludes halogenated alkanes) is 3. The SMILES string of the molecule is COC=CCCCCCc1c[nH]nn1. The molecule has 0 aliphatic heterocycles. The van der Waals surface area contributed by atoms with Crippen LogP contribution >= 0.6 is 0 Å². The van der Waals surface area contributed by atoms with Crippen molar-refractivity contribution >= 4 is 0 Å². The third-order valence-corrected chi connectivity index (χ3v) is 2.00. The van der Waals surface area contributed by atoms with E-state index >= 15 is 0 Å². The fourth-order valence-electron chi connectivity index (χ4n) is 1.26. The van der Waals surface area contributed by atoms with Crippen LogP contribution in [0.15, 0.2) is 18.5 Å². The van der Waals surface area contributed by atoms with Crippen LogP contribution in [-0.2, 0) is 11.2 Å². The molecule has 4 nitrogen and oxygen atoms in total. The van der Waals surface area contributed by atoms with Crippen LogP contribution in [0, 0.1) is 0 Å². The maximum atomic E-state index is 4.80. The van der Waals surface area contributed by atoms with Gasteiger partial charge in [0.25, 0.3) is 0 Å². The number of methoxy groups -OCH3 is 1. The van der Waals surface area contributed by atoms with Crippen molar-refractivity contribution in [1.29, 1.82) is 0 Å². The lowest BCUT2D eigenvalue weighted by Gasteiger charge is -1.95. The Labute approximate surface area is 84.4 Å². The zero-order valence-electron chi connectivity index (χ0n) is 8.57. The van der Waals surface area contributed by atoms with Crippen LogP contribution in [0.4, 0.5) is 0 Å². The van der Waals surface area contributed by atoms with Crippen LogP contribution < -0.4 is 0 Å². The number of aromatic nitrogens is 3. The number of H-pyrrole nitrogens is 1. The fourth-order valence-corrected chi connectivity index (χ4v) is 1.26. The predicted molar refractivity (Wildman–Crippen MR) is 54.7 cm³/mol. The van der Waals surface area contributed by atoms with Crippen molar-refractivity contribution in [2.45, 2.75) is 32.1 Å². The van der Waals surface area contributed by atoms with Gasteiger partial charge in [0, 0.05) is 6.20 Å². The third kappa shape index (κ3) is 4.64. The molecule has 0 aliphatic carbocycles. The molecule has 0 atom stereocenters. The Morgan fingerprint density at radius 1 is 1.43 bits per heavy atom. The minimum absolute atomic E-state index is 1.02. The van der Waals surface area contributed by atoms with Crippen molar-refractivity contribution in [2.75, 3.05) is 7.11 Å². The summed E-state index contributed by atoms with van der Waals surface area (Å²) in [6.07, 6.45) is 11.3. The Hall–Kier alpha value is -1.32. The van der Waals surface area contributed by atoms with Crippen molar-refractivity contribution in [2.24, 2.45) is 0 Å². The van der Waals surface area contributed by atoms with Crippen molar-refractivity contribution < 1.29 is 4.74 Å². The molecule has 0 saturated carbocycles. The van der Waals surface area contributed by atoms with Crippen LogP contribution in [0.5, 0.6) is 0 Å². The number of hydrogen-bond acceptors (Lipinski definition) is 3. The van der Waals surface area contributed by atoms with Crippen LogP contribution in [0.2, 0.25) is 0 Å². The number of rotatable bonds is 7. The minimum atomic E-state index is 1.02. The second-order valence-electron chi connectivity index (χ2n) is 3.17. The fraction of sp³-hybridized carbons (Fsp3) is 0.600. The Balaban J connectivity index is 1.92. The predicted octanol–water partition coefficient (Wildman–Crippen LogP) is 2.07. The Bertz CT molecular complexity index is 244. The van der Waals surface area contributed by atoms with Crippen LogP contribution in [0.25, 0.3) is 0 Å². The number of allylic oxidation sites excluding steroid dienone is 1. The molecule has 0 spiro atoms. The topological polar surface area (TPSA) is 50.8 Å². The van der Waals surface area contributed by atoms with Gasteiger partial charge >= 0.3 is 0 Å². The Kier molecular flexibility index (Phi) is 5.47. The highest BCUT2D eigenvalue weighted by atomic mass is 16.5. The average Bonchev–Trinajstić information content (AvgIpc) is 2.69. The van der Waals surface area contributed by atoms with Crippen LogP contribution in [-0.4, -0.2) is 22.5 Å². The maximum absolute atomic E-state index is 4.80. The molecule has 0 aliphatic rings. The first kappa shape index (κ1) is 10.8. The van der Waals surface area contributed by atoms with E-state index < -0.39 is 0 Å². The molecule has 1 aromatic rings. The Morgan fingerprint density at radius 2 is 2.36 bits per heavy atom. The zero-order valence-corrected chi connectivity index (χ0v) is 8.57. The molecule has 4 heteroatoms. The number of aryl methyl sites for hydroxylation is 1. The summed E-state index contributed by atoms with van der Waals surface area (Å²) in [5.41, 5.74) is 1.05. The van der Waals surface area contributed by atoms with Crippen molar-refractivity contribution in [1.82, 2.24) is 15.4 Å². The van der Waals surface area contributed by atoms with E-state index in [9.17, 15) is 0 Å². The van der Waals surface area contributed by atoms with E-state index in [0.29, 0.717) is 0 Å². The van der Waals surface area contributed by atoms with E-state index in [1.807, 2.05) is 6.20 Å². The molecule has 0 amide bonds. The van der Waals surface area contributed by atoms with E-state index in [2.05, 4.69) is 21.5 Å². The Morgan fingerprint density at radius 3 is 3.07 bits per heavy atom. The third-order valence-electron chi connectivity index (χ3n) is 2.00. The van der Waals surface area contributed by atoms with Crippen LogP contribution in [0.1, 0.15) is 31.4 Å². The molecular weight excluding hydrogens is 178 g/mol. The summed E-state index contributed by atoms with van der Waals surface area (Å²) < 4.78 is 4.80. The first-order valence-corrected chi connectivity index (χ1v) is 4.96. The van der Waals surface area contributed by atoms with E-state index in [0.717, 1.165) is 18.5 Å². The number of ether oxygens (including phenoxy) is 1. The molecular formula is C10H17N3O. The summed E-state index contributed by atoms with van der Waals surface area (Å²) >= 11 is 0. The molecule has 0 saturated heterocycles. The van der Waals surface area contributed by atoms with Gasteiger partial charge < -0.3 is 4.74 Å². The van der Waals surface area contributed by atoms with Gasteiger partial charge in [-0.2, -0.15) is 0 Å². The highest BCUT2D eigenvalue weighted by Gasteiger charge is 1.94. The maximum Gasteiger partial charge on any atom is 0.0824 e. The van der Waals surface area contributed by atoms with Gasteiger partial charge in [0.1, 0.15) is 0 Å². The summed E-state index contributed by atoms with van der Waals surface area (Å²) in [7, 11) is 1.67. The number of aromatic amines is 1. The highest BCUT2D eigenvalue weighted by Crippen LogP contribution is 2.04. The summed E-state index contributed by atoms with van der Waals surface area (Å²) in [6, 6.07) is 0. The molecule has 0 unspecified atom stereocenters. The van der Waals surface area contributed by atoms with E-state index in [1.54, 1.807) is 13.4 Å². The average molecular weight is 195 g/mol. The van der Waals surface area contributed by atoms with Crippen molar-refractivity contribution in [3.05, 3.63) is 24.2 Å². The van der Waals surface area contributed by atoms with Gasteiger partial charge in [-0.05, 0) is 31.8 Å². The van der Waals surface area contributed by atoms with Gasteiger partial charge in [0.2, 0.25) is 0 Å². The van der Waals surface area contributed by atoms with Gasteiger partial charge in [0.15, 0.2) is 0 Å². The summed E-state index contributed by atoms with van der Waals surface area (Å²) in [6.45, 7) is 0. The van der Waals surface area contributed by atoms with Gasteiger partial charge in [-0.25, -0.2) is 0 Å². The normalized spacial score (nSPS) is 10.9. The molecule has 14 heavy (non-hydrogen) atoms. The summed E-state index contributed by atoms with van der Waals surface area (Å²) in [5.74, 6) is 0. The molecule has 0 aromatic carbocycles. The smallest absolute Gasteiger partial charge is 0.0824 e. The number of nitrogens with zero attached hydrogens (tertiary/aromatic N) is 2. The number of hydrogen-bond donors (Lipinski definition) is 1. The lowest BCUT2D eigenvalue weighted by molar-refractivity contribution is 0.336. The summed E-state index contributed by atoms with van der Waals surface area (Å²) in [5, 5.41) is 10.3. The molecule has 1 rings (SSSR count). The van der Waals surface area contributed by atoms with E-state index in [4.69, 9.17) is 4.74 Å². The molecule has 1 aromatic heterocycles. The monoisotopic (exact) mass is 195 g/mol. The minimum Gasteiger partial charge on any atom is -0.505 e. The van der Waals surface area contributed by atoms with E-state index in [1.165, 1.54) is 19.3 Å². The molecule has 0 fully saturated rings. The van der Waals surface area contributed by atoms with Gasteiger partial charge in [-0.3, -0.25) is 5.10 Å². The largest absolute Gasteiger partial charge is 0.505 e. The van der Waals surface area contributed by atoms with Crippen molar-refractivity contribution in [3.8, 4) is 0 Å². The lowest BCUT2D eigenvalue weighted by atomic mass is 10.1. The second-order valence-corrected chi connectivity index (χ2v) is 3.17. The first-order valence-electron chi connectivity index (χ1n) is 4.96. The molecule has 1 N–H and O–H groups in total. The number of nitrogens with one attached hydrogen (secondary N) is 1. The van der Waals surface area contributed by atoms with E-state index in [-0.39, 0.29) is 0 Å². The lowest BCUT2D eigenvalue weighted by Crippen LogP contribution is -1.85. The first-order chi connectivity index (χ1) is 6.93. The van der Waals surface area contributed by atoms with Crippen molar-refractivity contribution in [3.63, 3.8) is 0 Å². The standard InChI is InChI=1S/C10H17N3O/c1-14-8-6-4-2-3-5-7-10-9-11-13-12-10/h6,8-9H,2-5,7H2,1H3,(H,11,12,13). The molecule has 0 bridgehead atoms. The summed E-state index contributed by atoms with van der Waals surface area (Å²) in [4.78, 5) is 0. The van der Waals surface area contributed by atoms with Crippen LogP contribution in [0.3, 0.4) is 0 Å². The molecule has 78 valence electrons. The second kappa shape index (κ2) is 7.12. The zero-order chi connectivity index (χ0) is 10.1. The molecule has 0 radical (unpaired) electrons. The van der Waals surface area contributed by atoms with Gasteiger partial charge in [-0.15, -0.1) is 5.10 Å². The van der Waals surface area contributed by atoms with Gasteiger partial charge in [0.05, 0.1) is 19.1 Å². The molecule has 1 heterocycles. The quantitative estimate of drug-likeness (QED) is 0.535. The highest BCUT2D eigenvalue weighted by molar-refractivity contribution is 4.89.